The third kappa shape index (κ3) is 2.53. The van der Waals surface area contributed by atoms with Gasteiger partial charge in [0.1, 0.15) is 11.5 Å². The zero-order valence-electron chi connectivity index (χ0n) is 12.4. The smallest absolute Gasteiger partial charge is 0.274 e. The molecule has 0 bridgehead atoms. The summed E-state index contributed by atoms with van der Waals surface area (Å²) >= 11 is 0. The van der Waals surface area contributed by atoms with Gasteiger partial charge in [-0.1, -0.05) is 0 Å². The third-order valence-corrected chi connectivity index (χ3v) is 4.15. The van der Waals surface area contributed by atoms with Crippen LogP contribution in [0.25, 0.3) is 0 Å². The Labute approximate surface area is 123 Å². The summed E-state index contributed by atoms with van der Waals surface area (Å²) in [6.45, 7) is 7.22. The second-order valence-electron chi connectivity index (χ2n) is 5.47. The van der Waals surface area contributed by atoms with E-state index in [1.807, 2.05) is 11.5 Å². The highest BCUT2D eigenvalue weighted by Gasteiger charge is 2.30. The number of aromatic nitrogens is 2. The number of hydrogen-bond acceptors (Lipinski definition) is 4. The first-order valence-corrected chi connectivity index (χ1v) is 7.29. The molecule has 1 aromatic heterocycles. The average Bonchev–Trinajstić information content (AvgIpc) is 2.92. The van der Waals surface area contributed by atoms with Crippen molar-refractivity contribution in [1.29, 1.82) is 0 Å². The van der Waals surface area contributed by atoms with Crippen molar-refractivity contribution >= 4 is 11.8 Å². The summed E-state index contributed by atoms with van der Waals surface area (Å²) in [5.41, 5.74) is 0.462. The van der Waals surface area contributed by atoms with Crippen LogP contribution < -0.4 is 0 Å². The summed E-state index contributed by atoms with van der Waals surface area (Å²) in [5, 5.41) is 0. The number of amides is 2. The van der Waals surface area contributed by atoms with Crippen molar-refractivity contribution < 1.29 is 14.3 Å². The van der Waals surface area contributed by atoms with Crippen molar-refractivity contribution in [3.05, 3.63) is 17.7 Å². The molecular formula is C14H20N4O3. The molecule has 0 aromatic carbocycles. The molecule has 0 radical (unpaired) electrons. The molecule has 1 fully saturated rings. The number of imidazole rings is 1. The van der Waals surface area contributed by atoms with Crippen LogP contribution in [0, 0.1) is 0 Å². The Morgan fingerprint density at radius 3 is 2.62 bits per heavy atom. The van der Waals surface area contributed by atoms with E-state index in [1.54, 1.807) is 22.9 Å². The van der Waals surface area contributed by atoms with Crippen molar-refractivity contribution in [3.8, 4) is 0 Å². The Kier molecular flexibility index (Phi) is 3.67. The number of carbonyl (C=O) groups excluding carboxylic acids is 2. The molecule has 1 atom stereocenters. The Morgan fingerprint density at radius 1 is 1.24 bits per heavy atom. The highest BCUT2D eigenvalue weighted by Crippen LogP contribution is 2.25. The van der Waals surface area contributed by atoms with E-state index in [4.69, 9.17) is 4.74 Å². The Hall–Kier alpha value is -1.89. The van der Waals surface area contributed by atoms with Crippen LogP contribution in [0.2, 0.25) is 0 Å². The Balaban J connectivity index is 1.82. The van der Waals surface area contributed by atoms with Gasteiger partial charge < -0.3 is 19.1 Å². The number of hydrogen-bond donors (Lipinski definition) is 0. The maximum absolute atomic E-state index is 12.5. The van der Waals surface area contributed by atoms with Gasteiger partial charge in [0.05, 0.1) is 19.3 Å². The highest BCUT2D eigenvalue weighted by atomic mass is 16.5. The fourth-order valence-electron chi connectivity index (χ4n) is 2.95. The van der Waals surface area contributed by atoms with Gasteiger partial charge in [0.2, 0.25) is 5.91 Å². The summed E-state index contributed by atoms with van der Waals surface area (Å²) in [5.74, 6) is 0.771. The standard InChI is InChI=1S/C14H20N4O3/c1-10-13-15-12(14(20)16-5-7-21-8-6-16)9-17(13)3-4-18(10)11(2)19/h9-10H,3-8H2,1-2H3/t10-/m0/s1. The van der Waals surface area contributed by atoms with Gasteiger partial charge in [0.25, 0.3) is 5.91 Å². The van der Waals surface area contributed by atoms with Crippen LogP contribution in [0.15, 0.2) is 6.20 Å². The van der Waals surface area contributed by atoms with E-state index in [9.17, 15) is 9.59 Å². The van der Waals surface area contributed by atoms with Crippen LogP contribution in [0.1, 0.15) is 36.2 Å². The summed E-state index contributed by atoms with van der Waals surface area (Å²) in [6, 6.07) is -0.0949. The molecule has 3 rings (SSSR count). The predicted molar refractivity (Wildman–Crippen MR) is 74.8 cm³/mol. The predicted octanol–water partition coefficient (Wildman–Crippen LogP) is 0.279. The van der Waals surface area contributed by atoms with E-state index in [-0.39, 0.29) is 17.9 Å². The van der Waals surface area contributed by atoms with E-state index in [1.165, 1.54) is 0 Å². The number of rotatable bonds is 1. The highest BCUT2D eigenvalue weighted by molar-refractivity contribution is 5.92. The molecule has 2 amide bonds. The fraction of sp³-hybridized carbons (Fsp3) is 0.643. The average molecular weight is 292 g/mol. The number of morpholine rings is 1. The monoisotopic (exact) mass is 292 g/mol. The summed E-state index contributed by atoms with van der Waals surface area (Å²) in [6.07, 6.45) is 1.81. The van der Waals surface area contributed by atoms with Crippen LogP contribution in [0.3, 0.4) is 0 Å². The van der Waals surface area contributed by atoms with Crippen LogP contribution in [-0.2, 0) is 16.1 Å². The zero-order valence-corrected chi connectivity index (χ0v) is 12.4. The normalized spacial score (nSPS) is 22.1. The minimum Gasteiger partial charge on any atom is -0.378 e. The van der Waals surface area contributed by atoms with Crippen molar-refractivity contribution in [2.75, 3.05) is 32.8 Å². The van der Waals surface area contributed by atoms with Gasteiger partial charge in [-0.15, -0.1) is 0 Å². The van der Waals surface area contributed by atoms with Crippen molar-refractivity contribution in [1.82, 2.24) is 19.4 Å². The van der Waals surface area contributed by atoms with E-state index in [0.29, 0.717) is 45.1 Å². The lowest BCUT2D eigenvalue weighted by molar-refractivity contribution is -0.132. The summed E-state index contributed by atoms with van der Waals surface area (Å²) < 4.78 is 7.24. The Morgan fingerprint density at radius 2 is 1.95 bits per heavy atom. The lowest BCUT2D eigenvalue weighted by Crippen LogP contribution is -2.40. The first kappa shape index (κ1) is 14.1. The quantitative estimate of drug-likeness (QED) is 0.745. The van der Waals surface area contributed by atoms with Crippen LogP contribution in [-0.4, -0.2) is 64.0 Å². The second-order valence-corrected chi connectivity index (χ2v) is 5.47. The lowest BCUT2D eigenvalue weighted by Gasteiger charge is -2.32. The molecule has 21 heavy (non-hydrogen) atoms. The van der Waals surface area contributed by atoms with E-state index >= 15 is 0 Å². The van der Waals surface area contributed by atoms with Gasteiger partial charge in [0.15, 0.2) is 0 Å². The first-order valence-electron chi connectivity index (χ1n) is 7.29. The summed E-state index contributed by atoms with van der Waals surface area (Å²) in [4.78, 5) is 32.1. The molecule has 0 N–H and O–H groups in total. The van der Waals surface area contributed by atoms with Crippen molar-refractivity contribution in [2.45, 2.75) is 26.4 Å². The number of carbonyl (C=O) groups is 2. The molecule has 7 heteroatoms. The van der Waals surface area contributed by atoms with Crippen LogP contribution in [0.5, 0.6) is 0 Å². The van der Waals surface area contributed by atoms with Crippen molar-refractivity contribution in [2.24, 2.45) is 0 Å². The van der Waals surface area contributed by atoms with E-state index in [0.717, 1.165) is 5.82 Å². The molecule has 114 valence electrons. The third-order valence-electron chi connectivity index (χ3n) is 4.15. The fourth-order valence-corrected chi connectivity index (χ4v) is 2.95. The maximum atomic E-state index is 12.5. The van der Waals surface area contributed by atoms with Gasteiger partial charge in [0, 0.05) is 39.3 Å². The second kappa shape index (κ2) is 5.48. The number of fused-ring (bicyclic) bond motifs is 1. The molecule has 0 saturated carbocycles. The van der Waals surface area contributed by atoms with E-state index in [2.05, 4.69) is 4.98 Å². The van der Waals surface area contributed by atoms with Gasteiger partial charge >= 0.3 is 0 Å². The topological polar surface area (TPSA) is 67.7 Å². The zero-order chi connectivity index (χ0) is 15.0. The molecule has 7 nitrogen and oxygen atoms in total. The summed E-state index contributed by atoms with van der Waals surface area (Å²) in [7, 11) is 0. The Bertz CT molecular complexity index is 563. The molecule has 0 spiro atoms. The minimum atomic E-state index is -0.0949. The van der Waals surface area contributed by atoms with E-state index < -0.39 is 0 Å². The molecule has 2 aliphatic rings. The molecule has 0 unspecified atom stereocenters. The largest absolute Gasteiger partial charge is 0.378 e. The molecule has 0 aliphatic carbocycles. The van der Waals surface area contributed by atoms with Crippen LogP contribution in [0.4, 0.5) is 0 Å². The minimum absolute atomic E-state index is 0.0396. The molecule has 3 heterocycles. The lowest BCUT2D eigenvalue weighted by atomic mass is 10.2. The maximum Gasteiger partial charge on any atom is 0.274 e. The SMILES string of the molecule is CC(=O)N1CCn2cc(C(=O)N3CCOCC3)nc2[C@@H]1C. The van der Waals surface area contributed by atoms with Gasteiger partial charge in [-0.05, 0) is 6.92 Å². The van der Waals surface area contributed by atoms with Gasteiger partial charge in [-0.25, -0.2) is 4.98 Å². The van der Waals surface area contributed by atoms with Gasteiger partial charge in [-0.3, -0.25) is 9.59 Å². The van der Waals surface area contributed by atoms with Gasteiger partial charge in [-0.2, -0.15) is 0 Å². The molecular weight excluding hydrogens is 272 g/mol. The molecule has 1 aromatic rings. The number of nitrogens with zero attached hydrogens (tertiary/aromatic N) is 4. The van der Waals surface area contributed by atoms with Crippen LogP contribution >= 0.6 is 0 Å². The molecule has 1 saturated heterocycles. The van der Waals surface area contributed by atoms with Crippen molar-refractivity contribution in [3.63, 3.8) is 0 Å². The first-order chi connectivity index (χ1) is 10.1. The number of ether oxygens (including phenoxy) is 1. The molecule has 2 aliphatic heterocycles.